The molecular weight excluding hydrogens is 420 g/mol. The predicted molar refractivity (Wildman–Crippen MR) is 128 cm³/mol. The van der Waals surface area contributed by atoms with Gasteiger partial charge < -0.3 is 15.8 Å². The van der Waals surface area contributed by atoms with Gasteiger partial charge in [0.1, 0.15) is 5.75 Å². The fourth-order valence-corrected chi connectivity index (χ4v) is 4.17. The van der Waals surface area contributed by atoms with Crippen molar-refractivity contribution in [3.05, 3.63) is 63.6 Å². The average molecular weight is 451 g/mol. The molecule has 1 aromatic carbocycles. The summed E-state index contributed by atoms with van der Waals surface area (Å²) in [7, 11) is 0. The van der Waals surface area contributed by atoms with Gasteiger partial charge in [0, 0.05) is 36.7 Å². The van der Waals surface area contributed by atoms with E-state index in [2.05, 4.69) is 22.2 Å². The van der Waals surface area contributed by atoms with Crippen molar-refractivity contribution in [2.45, 2.75) is 52.6 Å². The molecule has 1 aliphatic rings. The molecule has 4 rings (SSSR count). The number of nitrogen functional groups attached to an aromatic ring is 1. The number of ether oxygens (including phenoxy) is 1. The second kappa shape index (κ2) is 9.89. The van der Waals surface area contributed by atoms with Crippen LogP contribution in [0.3, 0.4) is 0 Å². The van der Waals surface area contributed by atoms with Crippen molar-refractivity contribution in [1.82, 2.24) is 19.1 Å². The highest BCUT2D eigenvalue weighted by Crippen LogP contribution is 2.30. The first-order valence-electron chi connectivity index (χ1n) is 11.4. The second-order valence-electron chi connectivity index (χ2n) is 8.66. The Balaban J connectivity index is 1.56. The maximum atomic E-state index is 13.1. The van der Waals surface area contributed by atoms with E-state index in [0.29, 0.717) is 35.5 Å². The van der Waals surface area contributed by atoms with Gasteiger partial charge in [-0.1, -0.05) is 19.8 Å². The first-order valence-corrected chi connectivity index (χ1v) is 11.4. The normalized spacial score (nSPS) is 18.1. The molecule has 1 aliphatic carbocycles. The molecule has 0 spiro atoms. The first-order chi connectivity index (χ1) is 15.9. The van der Waals surface area contributed by atoms with Crippen molar-refractivity contribution in [2.75, 3.05) is 11.1 Å². The molecule has 174 valence electrons. The van der Waals surface area contributed by atoms with Gasteiger partial charge in [-0.05, 0) is 61.9 Å². The van der Waals surface area contributed by atoms with E-state index in [1.165, 1.54) is 4.57 Å². The Morgan fingerprint density at radius 3 is 2.48 bits per heavy atom. The third-order valence-electron chi connectivity index (χ3n) is 6.13. The lowest BCUT2D eigenvalue weighted by Crippen LogP contribution is -2.43. The second-order valence-corrected chi connectivity index (χ2v) is 8.66. The average Bonchev–Trinajstić information content (AvgIpc) is 2.79. The van der Waals surface area contributed by atoms with Crippen LogP contribution in [-0.2, 0) is 13.1 Å². The predicted octanol–water partition coefficient (Wildman–Crippen LogP) is 3.76. The summed E-state index contributed by atoms with van der Waals surface area (Å²) >= 11 is 0. The lowest BCUT2D eigenvalue weighted by atomic mass is 9.83. The number of rotatable bonds is 7. The van der Waals surface area contributed by atoms with Crippen molar-refractivity contribution in [1.29, 1.82) is 0 Å². The zero-order valence-corrected chi connectivity index (χ0v) is 19.0. The van der Waals surface area contributed by atoms with Gasteiger partial charge in [-0.3, -0.25) is 4.57 Å². The van der Waals surface area contributed by atoms with Gasteiger partial charge in [0.05, 0.1) is 0 Å². The van der Waals surface area contributed by atoms with E-state index in [9.17, 15) is 9.59 Å². The summed E-state index contributed by atoms with van der Waals surface area (Å²) in [5, 5.41) is 3.15. The van der Waals surface area contributed by atoms with E-state index in [4.69, 9.17) is 10.5 Å². The number of benzene rings is 1. The minimum Gasteiger partial charge on any atom is -0.439 e. The van der Waals surface area contributed by atoms with Gasteiger partial charge in [-0.25, -0.2) is 19.1 Å². The zero-order valence-electron chi connectivity index (χ0n) is 19.0. The Morgan fingerprint density at radius 1 is 1.09 bits per heavy atom. The summed E-state index contributed by atoms with van der Waals surface area (Å²) < 4.78 is 8.50. The topological polar surface area (TPSA) is 117 Å². The largest absolute Gasteiger partial charge is 0.439 e. The summed E-state index contributed by atoms with van der Waals surface area (Å²) in [5.41, 5.74) is 6.14. The monoisotopic (exact) mass is 450 g/mol. The maximum absolute atomic E-state index is 13.1. The van der Waals surface area contributed by atoms with Gasteiger partial charge in [-0.15, -0.1) is 0 Å². The van der Waals surface area contributed by atoms with Crippen LogP contribution in [0.2, 0.25) is 0 Å². The van der Waals surface area contributed by atoms with E-state index >= 15 is 0 Å². The van der Waals surface area contributed by atoms with Crippen LogP contribution in [0.5, 0.6) is 11.6 Å². The molecule has 2 aromatic heterocycles. The fraction of sp³-hybridized carbons (Fsp3) is 0.417. The number of pyridine rings is 1. The molecule has 9 heteroatoms. The van der Waals surface area contributed by atoms with Crippen molar-refractivity contribution >= 4 is 17.3 Å². The highest BCUT2D eigenvalue weighted by molar-refractivity contribution is 5.55. The molecule has 3 aromatic rings. The van der Waals surface area contributed by atoms with Crippen LogP contribution in [0.15, 0.2) is 52.2 Å². The van der Waals surface area contributed by atoms with Crippen LogP contribution >= 0.6 is 0 Å². The van der Waals surface area contributed by atoms with Crippen LogP contribution in [0.25, 0.3) is 0 Å². The van der Waals surface area contributed by atoms with Crippen LogP contribution in [0, 0.1) is 11.8 Å². The summed E-state index contributed by atoms with van der Waals surface area (Å²) in [6.45, 7) is 4.88. The SMILES string of the molecule is CCn1c(=O)nc(Nc2ccc(Oc3cc(N)ccn3)cc2)n(CC2CCC(C)CC2)c1=O. The van der Waals surface area contributed by atoms with Gasteiger partial charge in [0.25, 0.3) is 0 Å². The van der Waals surface area contributed by atoms with Crippen molar-refractivity contribution in [3.63, 3.8) is 0 Å². The maximum Gasteiger partial charge on any atom is 0.354 e. The van der Waals surface area contributed by atoms with Gasteiger partial charge in [0.2, 0.25) is 11.8 Å². The Kier molecular flexibility index (Phi) is 6.76. The highest BCUT2D eigenvalue weighted by atomic mass is 16.5. The van der Waals surface area contributed by atoms with Crippen LogP contribution in [0.4, 0.5) is 17.3 Å². The smallest absolute Gasteiger partial charge is 0.354 e. The first kappa shape index (κ1) is 22.6. The molecule has 0 amide bonds. The van der Waals surface area contributed by atoms with E-state index in [-0.39, 0.29) is 18.2 Å². The molecular formula is C24H30N6O3. The fourth-order valence-electron chi connectivity index (χ4n) is 4.17. The Morgan fingerprint density at radius 2 is 1.82 bits per heavy atom. The molecule has 0 bridgehead atoms. The quantitative estimate of drug-likeness (QED) is 0.563. The summed E-state index contributed by atoms with van der Waals surface area (Å²) in [6.07, 6.45) is 6.04. The van der Waals surface area contributed by atoms with E-state index in [1.54, 1.807) is 54.1 Å². The van der Waals surface area contributed by atoms with Crippen molar-refractivity contribution in [3.8, 4) is 11.6 Å². The molecule has 0 radical (unpaired) electrons. The molecule has 3 N–H and O–H groups in total. The molecule has 0 aliphatic heterocycles. The Hall–Kier alpha value is -3.62. The lowest BCUT2D eigenvalue weighted by molar-refractivity contribution is 0.260. The molecule has 0 atom stereocenters. The lowest BCUT2D eigenvalue weighted by Gasteiger charge is -2.27. The van der Waals surface area contributed by atoms with Crippen LogP contribution in [0.1, 0.15) is 39.5 Å². The van der Waals surface area contributed by atoms with Crippen LogP contribution < -0.4 is 27.2 Å². The number of hydrogen-bond acceptors (Lipinski definition) is 7. The number of nitrogens with two attached hydrogens (primary N) is 1. The number of nitrogens with one attached hydrogen (secondary N) is 1. The third-order valence-corrected chi connectivity index (χ3v) is 6.13. The number of hydrogen-bond donors (Lipinski definition) is 2. The minimum atomic E-state index is -0.550. The molecule has 33 heavy (non-hydrogen) atoms. The summed E-state index contributed by atoms with van der Waals surface area (Å²) in [6, 6.07) is 10.5. The van der Waals surface area contributed by atoms with Gasteiger partial charge in [-0.2, -0.15) is 4.98 Å². The molecule has 0 unspecified atom stereocenters. The molecule has 0 saturated heterocycles. The van der Waals surface area contributed by atoms with Crippen LogP contribution in [-0.4, -0.2) is 19.1 Å². The standard InChI is InChI=1S/C24H30N6O3/c1-3-29-23(31)28-22(30(24(29)32)15-17-6-4-16(2)5-7-17)27-19-8-10-20(11-9-19)33-21-14-18(25)12-13-26-21/h8-14,16-17H,3-7,15H2,1-2H3,(H2,25,26)(H,27,28,31). The number of aromatic nitrogens is 4. The number of nitrogens with zero attached hydrogens (tertiary/aromatic N) is 4. The zero-order chi connectivity index (χ0) is 23.4. The minimum absolute atomic E-state index is 0.263. The van der Waals surface area contributed by atoms with Gasteiger partial charge >= 0.3 is 11.4 Å². The third kappa shape index (κ3) is 5.42. The van der Waals surface area contributed by atoms with Gasteiger partial charge in [0.15, 0.2) is 0 Å². The van der Waals surface area contributed by atoms with E-state index < -0.39 is 5.69 Å². The molecule has 2 heterocycles. The van der Waals surface area contributed by atoms with Crippen molar-refractivity contribution < 1.29 is 4.74 Å². The Labute approximate surface area is 192 Å². The highest BCUT2D eigenvalue weighted by Gasteiger charge is 2.22. The van der Waals surface area contributed by atoms with Crippen molar-refractivity contribution in [2.24, 2.45) is 11.8 Å². The van der Waals surface area contributed by atoms with E-state index in [0.717, 1.165) is 31.6 Å². The van der Waals surface area contributed by atoms with E-state index in [1.807, 2.05) is 0 Å². The number of anilines is 3. The molecule has 1 saturated carbocycles. The summed E-state index contributed by atoms with van der Waals surface area (Å²) in [4.78, 5) is 33.8. The summed E-state index contributed by atoms with van der Waals surface area (Å²) in [5.74, 6) is 2.37. The Bertz CT molecular complexity index is 1210. The molecule has 9 nitrogen and oxygen atoms in total. The molecule has 1 fully saturated rings.